The van der Waals surface area contributed by atoms with Gasteiger partial charge in [-0.3, -0.25) is 9.59 Å². The van der Waals surface area contributed by atoms with Gasteiger partial charge in [0.25, 0.3) is 5.91 Å². The van der Waals surface area contributed by atoms with Crippen LogP contribution in [0.25, 0.3) is 0 Å². The lowest BCUT2D eigenvalue weighted by molar-refractivity contribution is -0.123. The lowest BCUT2D eigenvalue weighted by Crippen LogP contribution is -2.28. The average molecular weight is 370 g/mol. The van der Waals surface area contributed by atoms with E-state index >= 15 is 0 Å². The van der Waals surface area contributed by atoms with E-state index in [4.69, 9.17) is 9.47 Å². The maximum Gasteiger partial charge on any atom is 0.257 e. The predicted molar refractivity (Wildman–Crippen MR) is 105 cm³/mol. The summed E-state index contributed by atoms with van der Waals surface area (Å²) in [5.74, 6) is 1.16. The lowest BCUT2D eigenvalue weighted by atomic mass is 10.1. The Kier molecular flexibility index (Phi) is 8.16. The Morgan fingerprint density at radius 1 is 0.926 bits per heavy atom. The molecule has 2 rings (SSSR count). The minimum atomic E-state index is -0.165. The number of anilines is 1. The van der Waals surface area contributed by atoms with Crippen molar-refractivity contribution < 1.29 is 19.1 Å². The minimum absolute atomic E-state index is 0.0290. The number of benzene rings is 2. The molecule has 27 heavy (non-hydrogen) atoms. The number of para-hydroxylation sites is 1. The summed E-state index contributed by atoms with van der Waals surface area (Å²) in [5.41, 5.74) is 1.70. The highest BCUT2D eigenvalue weighted by Crippen LogP contribution is 2.20. The topological polar surface area (TPSA) is 76.7 Å². The van der Waals surface area contributed by atoms with Crippen LogP contribution in [0.1, 0.15) is 25.8 Å². The molecule has 6 heteroatoms. The van der Waals surface area contributed by atoms with Crippen LogP contribution in [-0.2, 0) is 16.0 Å². The van der Waals surface area contributed by atoms with Gasteiger partial charge in [0.05, 0.1) is 6.61 Å². The molecule has 0 heterocycles. The van der Waals surface area contributed by atoms with Crippen LogP contribution in [0.15, 0.2) is 48.5 Å². The third kappa shape index (κ3) is 7.01. The smallest absolute Gasteiger partial charge is 0.257 e. The molecule has 0 saturated heterocycles. The van der Waals surface area contributed by atoms with Crippen LogP contribution in [0, 0.1) is 0 Å². The molecule has 0 atom stereocenters. The molecular formula is C21H26N2O4. The summed E-state index contributed by atoms with van der Waals surface area (Å²) in [6.45, 7) is 4.93. The highest BCUT2D eigenvalue weighted by Gasteiger charge is 2.07. The first-order valence-electron chi connectivity index (χ1n) is 9.12. The molecule has 0 radical (unpaired) electrons. The van der Waals surface area contributed by atoms with Gasteiger partial charge in [0.2, 0.25) is 5.91 Å². The predicted octanol–water partition coefficient (Wildman–Crippen LogP) is 3.17. The van der Waals surface area contributed by atoms with Crippen molar-refractivity contribution >= 4 is 17.5 Å². The van der Waals surface area contributed by atoms with E-state index in [2.05, 4.69) is 10.6 Å². The minimum Gasteiger partial charge on any atom is -0.494 e. The Bertz CT molecular complexity index is 744. The number of aryl methyl sites for hydroxylation is 1. The van der Waals surface area contributed by atoms with Gasteiger partial charge >= 0.3 is 0 Å². The maximum absolute atomic E-state index is 12.2. The van der Waals surface area contributed by atoms with Crippen molar-refractivity contribution in [1.29, 1.82) is 0 Å². The number of hydrogen-bond donors (Lipinski definition) is 2. The number of amides is 2. The molecule has 0 unspecified atom stereocenters. The molecule has 144 valence electrons. The largest absolute Gasteiger partial charge is 0.494 e. The number of carbonyl (C=O) groups excluding carboxylic acids is 2. The lowest BCUT2D eigenvalue weighted by Gasteiger charge is -2.10. The number of rotatable bonds is 10. The van der Waals surface area contributed by atoms with E-state index in [0.29, 0.717) is 37.4 Å². The summed E-state index contributed by atoms with van der Waals surface area (Å²) in [7, 11) is 0. The highest BCUT2D eigenvalue weighted by molar-refractivity contribution is 5.90. The third-order valence-corrected chi connectivity index (χ3v) is 3.78. The molecule has 0 aliphatic rings. The van der Waals surface area contributed by atoms with E-state index in [-0.39, 0.29) is 18.4 Å². The highest BCUT2D eigenvalue weighted by atomic mass is 16.5. The molecule has 6 nitrogen and oxygen atoms in total. The molecule has 2 amide bonds. The number of carbonyl (C=O) groups is 2. The van der Waals surface area contributed by atoms with Crippen molar-refractivity contribution in [2.45, 2.75) is 26.7 Å². The van der Waals surface area contributed by atoms with Gasteiger partial charge in [0.15, 0.2) is 6.61 Å². The fourth-order valence-electron chi connectivity index (χ4n) is 2.51. The fraction of sp³-hybridized carbons (Fsp3) is 0.333. The molecule has 0 spiro atoms. The summed E-state index contributed by atoms with van der Waals surface area (Å²) in [5, 5.41) is 5.52. The zero-order valence-electron chi connectivity index (χ0n) is 15.8. The van der Waals surface area contributed by atoms with Gasteiger partial charge in [-0.2, -0.15) is 0 Å². The first-order chi connectivity index (χ1) is 13.1. The average Bonchev–Trinajstić information content (AvgIpc) is 2.67. The van der Waals surface area contributed by atoms with Crippen molar-refractivity contribution in [3.05, 3.63) is 54.1 Å². The number of nitrogens with one attached hydrogen (secondary N) is 2. The van der Waals surface area contributed by atoms with Gasteiger partial charge < -0.3 is 20.1 Å². The molecule has 0 aliphatic carbocycles. The Hall–Kier alpha value is -3.02. The van der Waals surface area contributed by atoms with Crippen LogP contribution in [-0.4, -0.2) is 31.6 Å². The molecule has 0 fully saturated rings. The van der Waals surface area contributed by atoms with Gasteiger partial charge in [-0.25, -0.2) is 0 Å². The normalized spacial score (nSPS) is 10.1. The third-order valence-electron chi connectivity index (χ3n) is 3.78. The van der Waals surface area contributed by atoms with Gasteiger partial charge in [0.1, 0.15) is 11.5 Å². The maximum atomic E-state index is 12.2. The van der Waals surface area contributed by atoms with E-state index < -0.39 is 0 Å². The monoisotopic (exact) mass is 370 g/mol. The van der Waals surface area contributed by atoms with Gasteiger partial charge in [-0.15, -0.1) is 0 Å². The van der Waals surface area contributed by atoms with Crippen molar-refractivity contribution in [3.8, 4) is 11.5 Å². The van der Waals surface area contributed by atoms with E-state index in [1.54, 1.807) is 24.3 Å². The van der Waals surface area contributed by atoms with E-state index in [1.807, 2.05) is 38.1 Å². The molecule has 2 aromatic rings. The van der Waals surface area contributed by atoms with Gasteiger partial charge in [0, 0.05) is 18.7 Å². The first-order valence-corrected chi connectivity index (χ1v) is 9.12. The Labute approximate surface area is 159 Å². The van der Waals surface area contributed by atoms with Gasteiger partial charge in [-0.1, -0.05) is 18.2 Å². The molecular weight excluding hydrogens is 344 g/mol. The van der Waals surface area contributed by atoms with E-state index in [1.165, 1.54) is 0 Å². The Balaban J connectivity index is 1.81. The second kappa shape index (κ2) is 10.9. The van der Waals surface area contributed by atoms with Gasteiger partial charge in [-0.05, 0) is 56.2 Å². The molecule has 0 aliphatic heterocycles. The second-order valence-electron chi connectivity index (χ2n) is 5.86. The standard InChI is InChI=1S/C21H26N2O4/c1-3-22-21(25)15-27-18-12-10-17(11-13-18)23-20(24)14-9-16-7-5-6-8-19(16)26-4-2/h5-8,10-13H,3-4,9,14-15H2,1-2H3,(H,22,25)(H,23,24). The molecule has 0 saturated carbocycles. The zero-order valence-corrected chi connectivity index (χ0v) is 15.8. The number of hydrogen-bond acceptors (Lipinski definition) is 4. The first kappa shape index (κ1) is 20.3. The van der Waals surface area contributed by atoms with Crippen LogP contribution < -0.4 is 20.1 Å². The molecule has 2 aromatic carbocycles. The quantitative estimate of drug-likeness (QED) is 0.673. The SMILES string of the molecule is CCNC(=O)COc1ccc(NC(=O)CCc2ccccc2OCC)cc1. The summed E-state index contributed by atoms with van der Waals surface area (Å²) < 4.78 is 11.0. The van der Waals surface area contributed by atoms with Crippen molar-refractivity contribution in [3.63, 3.8) is 0 Å². The summed E-state index contributed by atoms with van der Waals surface area (Å²) in [6.07, 6.45) is 0.968. The van der Waals surface area contributed by atoms with Crippen LogP contribution in [0.2, 0.25) is 0 Å². The second-order valence-corrected chi connectivity index (χ2v) is 5.86. The van der Waals surface area contributed by atoms with Crippen molar-refractivity contribution in [1.82, 2.24) is 5.32 Å². The van der Waals surface area contributed by atoms with Crippen molar-refractivity contribution in [2.75, 3.05) is 25.1 Å². The fourth-order valence-corrected chi connectivity index (χ4v) is 2.51. The van der Waals surface area contributed by atoms with Crippen LogP contribution in [0.4, 0.5) is 5.69 Å². The van der Waals surface area contributed by atoms with E-state index in [9.17, 15) is 9.59 Å². The summed E-state index contributed by atoms with van der Waals surface area (Å²) in [4.78, 5) is 23.6. The Morgan fingerprint density at radius 3 is 2.37 bits per heavy atom. The molecule has 0 aromatic heterocycles. The molecule has 0 bridgehead atoms. The molecule has 2 N–H and O–H groups in total. The van der Waals surface area contributed by atoms with E-state index in [0.717, 1.165) is 11.3 Å². The zero-order chi connectivity index (χ0) is 19.5. The summed E-state index contributed by atoms with van der Waals surface area (Å²) in [6, 6.07) is 14.7. The number of ether oxygens (including phenoxy) is 2. The number of likely N-dealkylation sites (N-methyl/N-ethyl adjacent to an activating group) is 1. The Morgan fingerprint density at radius 2 is 1.67 bits per heavy atom. The van der Waals surface area contributed by atoms with Crippen LogP contribution in [0.3, 0.4) is 0 Å². The summed E-state index contributed by atoms with van der Waals surface area (Å²) >= 11 is 0. The van der Waals surface area contributed by atoms with Crippen LogP contribution >= 0.6 is 0 Å². The van der Waals surface area contributed by atoms with Crippen molar-refractivity contribution in [2.24, 2.45) is 0 Å². The van der Waals surface area contributed by atoms with Crippen LogP contribution in [0.5, 0.6) is 11.5 Å².